The Bertz CT molecular complexity index is 544. The van der Waals surface area contributed by atoms with Crippen LogP contribution in [-0.2, 0) is 9.47 Å². The third kappa shape index (κ3) is 4.29. The van der Waals surface area contributed by atoms with Crippen LogP contribution in [0.1, 0.15) is 23.7 Å². The van der Waals surface area contributed by atoms with Crippen molar-refractivity contribution < 1.29 is 39.8 Å². The molecule has 0 aromatic heterocycles. The van der Waals surface area contributed by atoms with Gasteiger partial charge in [-0.2, -0.15) is 0 Å². The summed E-state index contributed by atoms with van der Waals surface area (Å²) in [5.41, 5.74) is 0.400. The minimum atomic E-state index is -1.53. The lowest BCUT2D eigenvalue weighted by Gasteiger charge is -2.40. The summed E-state index contributed by atoms with van der Waals surface area (Å²) in [5.74, 6) is -0.177. The molecular weight excluding hydrogens is 320 g/mol. The molecule has 0 saturated carbocycles. The van der Waals surface area contributed by atoms with Gasteiger partial charge in [0.15, 0.2) is 12.1 Å². The summed E-state index contributed by atoms with van der Waals surface area (Å²) in [7, 11) is 0. The van der Waals surface area contributed by atoms with E-state index in [1.165, 1.54) is 24.3 Å². The van der Waals surface area contributed by atoms with Gasteiger partial charge in [-0.05, 0) is 31.2 Å². The van der Waals surface area contributed by atoms with Crippen LogP contribution in [0.2, 0.25) is 0 Å². The zero-order chi connectivity index (χ0) is 17.9. The molecule has 6 atom stereocenters. The summed E-state index contributed by atoms with van der Waals surface area (Å²) >= 11 is 0. The summed E-state index contributed by atoms with van der Waals surface area (Å²) in [5, 5.41) is 47.6. The fraction of sp³-hybridized carbons (Fsp3) is 0.562. The molecule has 134 valence electrons. The Morgan fingerprint density at radius 3 is 2.38 bits per heavy atom. The average Bonchev–Trinajstić information content (AvgIpc) is 2.55. The molecule has 0 aliphatic carbocycles. The number of hydrogen-bond acceptors (Lipinski definition) is 8. The first-order valence-electron chi connectivity index (χ1n) is 7.61. The Labute approximate surface area is 138 Å². The van der Waals surface area contributed by atoms with Crippen molar-refractivity contribution in [3.8, 4) is 5.75 Å². The van der Waals surface area contributed by atoms with E-state index in [-0.39, 0.29) is 18.0 Å². The molecule has 0 amide bonds. The molecule has 0 spiro atoms. The molecule has 1 saturated heterocycles. The number of hydrogen-bond donors (Lipinski definition) is 5. The van der Waals surface area contributed by atoms with Gasteiger partial charge in [0.1, 0.15) is 30.2 Å². The van der Waals surface area contributed by atoms with Gasteiger partial charge in [-0.1, -0.05) is 0 Å². The fourth-order valence-electron chi connectivity index (χ4n) is 2.48. The first kappa shape index (κ1) is 18.8. The predicted molar refractivity (Wildman–Crippen MR) is 81.4 cm³/mol. The van der Waals surface area contributed by atoms with Crippen molar-refractivity contribution in [2.24, 2.45) is 0 Å². The topological polar surface area (TPSA) is 137 Å². The molecule has 1 aromatic rings. The molecule has 24 heavy (non-hydrogen) atoms. The summed E-state index contributed by atoms with van der Waals surface area (Å²) in [6.45, 7) is 1.05. The smallest absolute Gasteiger partial charge is 0.186 e. The number of carbonyl (C=O) groups excluding carboxylic acids is 1. The SMILES string of the molecule is CC(CC(=O)c1ccc(O)cc1)OC1OC(CO)C(O)C(O)C1O. The largest absolute Gasteiger partial charge is 0.508 e. The number of carbonyl (C=O) groups is 1. The normalized spacial score (nSPS) is 31.6. The standard InChI is InChI=1S/C16H22O8/c1-8(6-11(19)9-2-4-10(18)5-3-9)23-16-15(22)14(21)13(20)12(7-17)24-16/h2-5,8,12-18,20-22H,6-7H2,1H3. The lowest BCUT2D eigenvalue weighted by atomic mass is 9.99. The monoisotopic (exact) mass is 342 g/mol. The Kier molecular flexibility index (Phi) is 6.27. The highest BCUT2D eigenvalue weighted by molar-refractivity contribution is 5.96. The van der Waals surface area contributed by atoms with E-state index in [1.807, 2.05) is 0 Å². The Balaban J connectivity index is 1.94. The van der Waals surface area contributed by atoms with Gasteiger partial charge in [-0.15, -0.1) is 0 Å². The second-order valence-electron chi connectivity index (χ2n) is 5.82. The molecule has 1 aromatic carbocycles. The van der Waals surface area contributed by atoms with Gasteiger partial charge in [0.05, 0.1) is 12.7 Å². The van der Waals surface area contributed by atoms with Crippen LogP contribution in [0.4, 0.5) is 0 Å². The van der Waals surface area contributed by atoms with Crippen LogP contribution in [0.3, 0.4) is 0 Å². The second kappa shape index (κ2) is 8.02. The van der Waals surface area contributed by atoms with Crippen molar-refractivity contribution in [1.29, 1.82) is 0 Å². The highest BCUT2D eigenvalue weighted by Crippen LogP contribution is 2.24. The maximum Gasteiger partial charge on any atom is 0.186 e. The predicted octanol–water partition coefficient (Wildman–Crippen LogP) is -0.830. The van der Waals surface area contributed by atoms with Crippen molar-refractivity contribution in [3.63, 3.8) is 0 Å². The van der Waals surface area contributed by atoms with E-state index >= 15 is 0 Å². The van der Waals surface area contributed by atoms with Crippen LogP contribution in [0.5, 0.6) is 5.75 Å². The fourth-order valence-corrected chi connectivity index (χ4v) is 2.48. The highest BCUT2D eigenvalue weighted by Gasteiger charge is 2.44. The Morgan fingerprint density at radius 2 is 1.79 bits per heavy atom. The molecular formula is C16H22O8. The number of phenolic OH excluding ortho intramolecular Hbond substituents is 1. The number of benzene rings is 1. The van der Waals surface area contributed by atoms with Crippen molar-refractivity contribution in [3.05, 3.63) is 29.8 Å². The summed E-state index contributed by atoms with van der Waals surface area (Å²) < 4.78 is 10.7. The van der Waals surface area contributed by atoms with Gasteiger partial charge in [-0.3, -0.25) is 4.79 Å². The third-order valence-corrected chi connectivity index (χ3v) is 3.88. The molecule has 6 unspecified atom stereocenters. The van der Waals surface area contributed by atoms with Crippen LogP contribution < -0.4 is 0 Å². The summed E-state index contributed by atoms with van der Waals surface area (Å²) in [6.07, 6.45) is -7.49. The molecule has 8 heteroatoms. The molecule has 2 rings (SSSR count). The number of ketones is 1. The number of rotatable bonds is 6. The van der Waals surface area contributed by atoms with Gasteiger partial charge >= 0.3 is 0 Å². The average molecular weight is 342 g/mol. The third-order valence-electron chi connectivity index (χ3n) is 3.88. The van der Waals surface area contributed by atoms with E-state index in [4.69, 9.17) is 14.6 Å². The van der Waals surface area contributed by atoms with Gasteiger partial charge in [-0.25, -0.2) is 0 Å². The summed E-state index contributed by atoms with van der Waals surface area (Å²) in [4.78, 5) is 12.1. The van der Waals surface area contributed by atoms with E-state index in [9.17, 15) is 25.2 Å². The highest BCUT2D eigenvalue weighted by atomic mass is 16.7. The molecule has 5 N–H and O–H groups in total. The van der Waals surface area contributed by atoms with Crippen molar-refractivity contribution in [1.82, 2.24) is 0 Å². The van der Waals surface area contributed by atoms with Crippen LogP contribution in [0.25, 0.3) is 0 Å². The minimum Gasteiger partial charge on any atom is -0.508 e. The first-order valence-corrected chi connectivity index (χ1v) is 7.61. The van der Waals surface area contributed by atoms with E-state index < -0.39 is 43.4 Å². The molecule has 8 nitrogen and oxygen atoms in total. The number of Topliss-reactive ketones (excluding diaryl/α,β-unsaturated/α-hetero) is 1. The van der Waals surface area contributed by atoms with E-state index in [2.05, 4.69) is 0 Å². The second-order valence-corrected chi connectivity index (χ2v) is 5.82. The maximum absolute atomic E-state index is 12.1. The van der Waals surface area contributed by atoms with Crippen LogP contribution in [-0.4, -0.2) is 74.7 Å². The molecule has 1 aliphatic heterocycles. The number of aliphatic hydroxyl groups excluding tert-OH is 4. The maximum atomic E-state index is 12.1. The van der Waals surface area contributed by atoms with Gasteiger partial charge in [0.2, 0.25) is 0 Å². The van der Waals surface area contributed by atoms with E-state index in [0.717, 1.165) is 0 Å². The Hall–Kier alpha value is -1.55. The van der Waals surface area contributed by atoms with Crippen LogP contribution >= 0.6 is 0 Å². The molecule has 1 aliphatic rings. The van der Waals surface area contributed by atoms with Gasteiger partial charge < -0.3 is 35.0 Å². The first-order chi connectivity index (χ1) is 11.3. The van der Waals surface area contributed by atoms with Gasteiger partial charge in [0.25, 0.3) is 0 Å². The van der Waals surface area contributed by atoms with Crippen molar-refractivity contribution >= 4 is 5.78 Å². The number of ether oxygens (including phenoxy) is 2. The zero-order valence-corrected chi connectivity index (χ0v) is 13.1. The lowest BCUT2D eigenvalue weighted by molar-refractivity contribution is -0.309. The lowest BCUT2D eigenvalue weighted by Crippen LogP contribution is -2.59. The van der Waals surface area contributed by atoms with Crippen LogP contribution in [0, 0.1) is 0 Å². The quantitative estimate of drug-likeness (QED) is 0.423. The molecule has 1 fully saturated rings. The number of aromatic hydroxyl groups is 1. The molecule has 0 radical (unpaired) electrons. The minimum absolute atomic E-state index is 0.0141. The number of phenols is 1. The number of aliphatic hydroxyl groups is 4. The van der Waals surface area contributed by atoms with Crippen molar-refractivity contribution in [2.75, 3.05) is 6.61 Å². The molecule has 0 bridgehead atoms. The van der Waals surface area contributed by atoms with Crippen LogP contribution in [0.15, 0.2) is 24.3 Å². The van der Waals surface area contributed by atoms with Gasteiger partial charge in [0, 0.05) is 12.0 Å². The van der Waals surface area contributed by atoms with Crippen molar-refractivity contribution in [2.45, 2.75) is 50.2 Å². The van der Waals surface area contributed by atoms with E-state index in [0.29, 0.717) is 5.56 Å². The Morgan fingerprint density at radius 1 is 1.17 bits per heavy atom. The van der Waals surface area contributed by atoms with E-state index in [1.54, 1.807) is 6.92 Å². The zero-order valence-electron chi connectivity index (χ0n) is 13.1. The summed E-state index contributed by atoms with van der Waals surface area (Å²) in [6, 6.07) is 5.77. The molecule has 1 heterocycles.